The summed E-state index contributed by atoms with van der Waals surface area (Å²) in [6, 6.07) is 12.2. The highest BCUT2D eigenvalue weighted by atomic mass is 32.1. The number of thiazole rings is 1. The van der Waals surface area contributed by atoms with Crippen LogP contribution in [0.15, 0.2) is 64.3 Å². The molecule has 2 heterocycles. The molecule has 4 rings (SSSR count). The van der Waals surface area contributed by atoms with E-state index in [1.54, 1.807) is 23.0 Å². The van der Waals surface area contributed by atoms with Crippen LogP contribution in [-0.4, -0.2) is 9.97 Å². The second kappa shape index (κ2) is 4.98. The lowest BCUT2D eigenvalue weighted by Crippen LogP contribution is -1.73. The molecule has 0 saturated carbocycles. The molecule has 4 aromatic rings. The molecule has 2 aromatic heterocycles. The molecule has 0 saturated heterocycles. The Hall–Kier alpha value is -2.20. The van der Waals surface area contributed by atoms with Crippen molar-refractivity contribution < 1.29 is 4.42 Å². The molecular formula is C14H10N2OS. The van der Waals surface area contributed by atoms with Gasteiger partial charge in [-0.1, -0.05) is 30.3 Å². The third kappa shape index (κ3) is 2.10. The maximum absolute atomic E-state index is 5.21. The highest BCUT2D eigenvalue weighted by Gasteiger charge is 2.01. The Labute approximate surface area is 108 Å². The molecular weight excluding hydrogens is 244 g/mol. The van der Waals surface area contributed by atoms with Gasteiger partial charge in [-0.2, -0.15) is 0 Å². The minimum atomic E-state index is 0.846. The van der Waals surface area contributed by atoms with Crippen molar-refractivity contribution in [1.82, 2.24) is 9.97 Å². The van der Waals surface area contributed by atoms with Gasteiger partial charge in [0.1, 0.15) is 5.52 Å². The van der Waals surface area contributed by atoms with E-state index in [2.05, 4.69) is 22.1 Å². The summed E-state index contributed by atoms with van der Waals surface area (Å²) in [5.74, 6) is 0. The van der Waals surface area contributed by atoms with Crippen LogP contribution in [0.1, 0.15) is 0 Å². The van der Waals surface area contributed by atoms with Gasteiger partial charge in [0, 0.05) is 17.0 Å². The van der Waals surface area contributed by atoms with Crippen molar-refractivity contribution in [2.75, 3.05) is 0 Å². The lowest BCUT2D eigenvalue weighted by molar-refractivity contribution is 0.602. The molecule has 0 radical (unpaired) electrons. The van der Waals surface area contributed by atoms with Gasteiger partial charge in [0.15, 0.2) is 12.0 Å². The van der Waals surface area contributed by atoms with Crippen LogP contribution < -0.4 is 0 Å². The van der Waals surface area contributed by atoms with Gasteiger partial charge in [-0.15, -0.1) is 11.3 Å². The van der Waals surface area contributed by atoms with Crippen molar-refractivity contribution >= 4 is 33.2 Å². The average Bonchev–Trinajstić information content (AvgIpc) is 3.12. The molecule has 3 nitrogen and oxygen atoms in total. The van der Waals surface area contributed by atoms with Crippen LogP contribution in [0.25, 0.3) is 21.9 Å². The Kier molecular flexibility index (Phi) is 3.02. The molecule has 4 heteroatoms. The molecule has 0 fully saturated rings. The molecule has 0 unspecified atom stereocenters. The Bertz CT molecular complexity index is 729. The molecule has 88 valence electrons. The molecule has 0 atom stereocenters. The zero-order chi connectivity index (χ0) is 12.2. The van der Waals surface area contributed by atoms with E-state index in [0.29, 0.717) is 0 Å². The predicted octanol–water partition coefficient (Wildman–Crippen LogP) is 4.12. The van der Waals surface area contributed by atoms with Crippen LogP contribution >= 0.6 is 11.3 Å². The second-order valence-electron chi connectivity index (χ2n) is 3.66. The van der Waals surface area contributed by atoms with Crippen LogP contribution in [0.5, 0.6) is 0 Å². The maximum Gasteiger partial charge on any atom is 0.182 e. The van der Waals surface area contributed by atoms with Gasteiger partial charge < -0.3 is 4.42 Å². The number of aromatic nitrogens is 2. The fraction of sp³-hybridized carbons (Fsp3) is 0. The quantitative estimate of drug-likeness (QED) is 0.473. The van der Waals surface area contributed by atoms with Crippen molar-refractivity contribution in [3.05, 3.63) is 59.9 Å². The third-order valence-electron chi connectivity index (χ3n) is 2.57. The number of fused-ring (bicyclic) bond motifs is 3. The van der Waals surface area contributed by atoms with Crippen molar-refractivity contribution in [3.8, 4) is 0 Å². The summed E-state index contributed by atoms with van der Waals surface area (Å²) in [6.45, 7) is 0. The summed E-state index contributed by atoms with van der Waals surface area (Å²) in [7, 11) is 0. The Morgan fingerprint density at radius 3 is 2.78 bits per heavy atom. The average molecular weight is 254 g/mol. The standard InChI is InChI=1S/C11H7NO.C3H3NS/c1-2-4-9-8(3-1)5-6-10-11(9)12-7-13-10;1-2-5-3-4-1/h1-7H;1-3H. The summed E-state index contributed by atoms with van der Waals surface area (Å²) < 4.78 is 5.21. The zero-order valence-electron chi connectivity index (χ0n) is 9.48. The van der Waals surface area contributed by atoms with Gasteiger partial charge in [-0.25, -0.2) is 4.98 Å². The van der Waals surface area contributed by atoms with E-state index in [0.717, 1.165) is 16.5 Å². The SMILES string of the molecule is c1ccc2c(c1)ccc1ocnc12.c1cscn1. The summed E-state index contributed by atoms with van der Waals surface area (Å²) in [5, 5.41) is 4.28. The zero-order valence-corrected chi connectivity index (χ0v) is 10.3. The number of benzene rings is 2. The van der Waals surface area contributed by atoms with E-state index in [1.165, 1.54) is 11.8 Å². The molecule has 0 N–H and O–H groups in total. The number of rotatable bonds is 0. The van der Waals surface area contributed by atoms with Gasteiger partial charge in [0.2, 0.25) is 0 Å². The van der Waals surface area contributed by atoms with Crippen molar-refractivity contribution in [2.24, 2.45) is 0 Å². The van der Waals surface area contributed by atoms with Crippen molar-refractivity contribution in [3.63, 3.8) is 0 Å². The largest absolute Gasteiger partial charge is 0.443 e. The Balaban J connectivity index is 0.000000169. The van der Waals surface area contributed by atoms with Crippen LogP contribution in [0.3, 0.4) is 0 Å². The van der Waals surface area contributed by atoms with E-state index in [-0.39, 0.29) is 0 Å². The molecule has 0 spiro atoms. The molecule has 0 bridgehead atoms. The minimum Gasteiger partial charge on any atom is -0.443 e. The van der Waals surface area contributed by atoms with E-state index < -0.39 is 0 Å². The number of hydrogen-bond acceptors (Lipinski definition) is 4. The first-order chi connectivity index (χ1) is 8.95. The summed E-state index contributed by atoms with van der Waals surface area (Å²) >= 11 is 1.60. The van der Waals surface area contributed by atoms with Crippen molar-refractivity contribution in [2.45, 2.75) is 0 Å². The molecule has 0 aliphatic carbocycles. The van der Waals surface area contributed by atoms with E-state index in [1.807, 2.05) is 29.6 Å². The van der Waals surface area contributed by atoms with E-state index in [9.17, 15) is 0 Å². The van der Waals surface area contributed by atoms with Crippen molar-refractivity contribution in [1.29, 1.82) is 0 Å². The fourth-order valence-electron chi connectivity index (χ4n) is 1.77. The summed E-state index contributed by atoms with van der Waals surface area (Å²) in [5.41, 5.74) is 3.58. The summed E-state index contributed by atoms with van der Waals surface area (Å²) in [4.78, 5) is 7.92. The number of hydrogen-bond donors (Lipinski definition) is 0. The third-order valence-corrected chi connectivity index (χ3v) is 3.09. The van der Waals surface area contributed by atoms with E-state index >= 15 is 0 Å². The molecule has 0 aliphatic rings. The Morgan fingerprint density at radius 1 is 1.06 bits per heavy atom. The number of oxazole rings is 1. The maximum atomic E-state index is 5.21. The molecule has 0 aliphatic heterocycles. The molecule has 18 heavy (non-hydrogen) atoms. The first-order valence-corrected chi connectivity index (χ1v) is 6.42. The highest BCUT2D eigenvalue weighted by molar-refractivity contribution is 7.07. The number of nitrogens with zero attached hydrogens (tertiary/aromatic N) is 2. The summed E-state index contributed by atoms with van der Waals surface area (Å²) in [6.07, 6.45) is 3.25. The molecule has 0 amide bonds. The highest BCUT2D eigenvalue weighted by Crippen LogP contribution is 2.23. The molecule has 2 aromatic carbocycles. The van der Waals surface area contributed by atoms with Gasteiger partial charge in [0.25, 0.3) is 0 Å². The first kappa shape index (κ1) is 10.9. The minimum absolute atomic E-state index is 0.846. The topological polar surface area (TPSA) is 38.9 Å². The van der Waals surface area contributed by atoms with Crippen LogP contribution in [0, 0.1) is 0 Å². The van der Waals surface area contributed by atoms with Crippen LogP contribution in [0.2, 0.25) is 0 Å². The smallest absolute Gasteiger partial charge is 0.182 e. The van der Waals surface area contributed by atoms with Crippen LogP contribution in [0.4, 0.5) is 0 Å². The van der Waals surface area contributed by atoms with Crippen LogP contribution in [-0.2, 0) is 0 Å². The monoisotopic (exact) mass is 254 g/mol. The van der Waals surface area contributed by atoms with Gasteiger partial charge in [0.05, 0.1) is 5.51 Å². The lowest BCUT2D eigenvalue weighted by Gasteiger charge is -1.95. The van der Waals surface area contributed by atoms with E-state index in [4.69, 9.17) is 4.42 Å². The second-order valence-corrected chi connectivity index (χ2v) is 4.42. The van der Waals surface area contributed by atoms with Gasteiger partial charge >= 0.3 is 0 Å². The lowest BCUT2D eigenvalue weighted by atomic mass is 10.1. The predicted molar refractivity (Wildman–Crippen MR) is 73.6 cm³/mol. The first-order valence-electron chi connectivity index (χ1n) is 5.48. The fourth-order valence-corrected chi connectivity index (χ4v) is 2.13. The normalized spacial score (nSPS) is 10.2. The van der Waals surface area contributed by atoms with Gasteiger partial charge in [-0.3, -0.25) is 4.98 Å². The Morgan fingerprint density at radius 2 is 2.00 bits per heavy atom. The van der Waals surface area contributed by atoms with Gasteiger partial charge in [-0.05, 0) is 11.5 Å².